The molecule has 0 aliphatic heterocycles. The molecule has 6 nitrogen and oxygen atoms in total. The summed E-state index contributed by atoms with van der Waals surface area (Å²) in [6.07, 6.45) is 4.36. The molecule has 0 aromatic heterocycles. The minimum Gasteiger partial charge on any atom is -0.455 e. The number of rotatable bonds is 5. The van der Waals surface area contributed by atoms with Gasteiger partial charge in [-0.3, -0.25) is 14.9 Å². The molecule has 0 unspecified atom stereocenters. The highest BCUT2D eigenvalue weighted by Gasteiger charge is 2.23. The second-order valence-corrected chi connectivity index (χ2v) is 6.71. The van der Waals surface area contributed by atoms with E-state index < -0.39 is 24.5 Å². The lowest BCUT2D eigenvalue weighted by atomic mass is 9.86. The third kappa shape index (κ3) is 6.57. The molecular formula is C19H26N2O4. The van der Waals surface area contributed by atoms with Crippen LogP contribution in [0, 0.1) is 12.8 Å². The van der Waals surface area contributed by atoms with Gasteiger partial charge in [0.1, 0.15) is 0 Å². The van der Waals surface area contributed by atoms with Crippen molar-refractivity contribution >= 4 is 17.9 Å². The van der Waals surface area contributed by atoms with E-state index in [0.717, 1.165) is 30.4 Å². The number of ether oxygens (including phenoxy) is 1. The van der Waals surface area contributed by atoms with Gasteiger partial charge in [0.15, 0.2) is 6.61 Å². The van der Waals surface area contributed by atoms with Crippen molar-refractivity contribution in [3.8, 4) is 0 Å². The maximum Gasteiger partial charge on any atom is 0.321 e. The SMILES string of the molecule is Cc1ccc(CC(=O)OCC(=O)NC(=O)N[C@H]2CCCC[C@H]2C)cc1. The molecule has 1 aliphatic rings. The smallest absolute Gasteiger partial charge is 0.321 e. The summed E-state index contributed by atoms with van der Waals surface area (Å²) in [5.41, 5.74) is 1.93. The number of hydrogen-bond donors (Lipinski definition) is 2. The van der Waals surface area contributed by atoms with Crippen molar-refractivity contribution in [1.82, 2.24) is 10.6 Å². The molecule has 6 heteroatoms. The minimum atomic E-state index is -0.627. The van der Waals surface area contributed by atoms with Gasteiger partial charge in [0.25, 0.3) is 5.91 Å². The second-order valence-electron chi connectivity index (χ2n) is 6.71. The monoisotopic (exact) mass is 346 g/mol. The van der Waals surface area contributed by atoms with E-state index in [1.54, 1.807) is 0 Å². The van der Waals surface area contributed by atoms with Crippen LogP contribution in [0.15, 0.2) is 24.3 Å². The van der Waals surface area contributed by atoms with Crippen LogP contribution in [0.5, 0.6) is 0 Å². The molecule has 25 heavy (non-hydrogen) atoms. The number of aryl methyl sites for hydroxylation is 1. The molecule has 136 valence electrons. The average Bonchev–Trinajstić information content (AvgIpc) is 2.57. The van der Waals surface area contributed by atoms with Crippen LogP contribution in [0.2, 0.25) is 0 Å². The molecule has 0 radical (unpaired) electrons. The Labute approximate surface area is 148 Å². The predicted octanol–water partition coefficient (Wildman–Crippen LogP) is 2.49. The first-order valence-corrected chi connectivity index (χ1v) is 8.75. The van der Waals surface area contributed by atoms with Crippen molar-refractivity contribution in [2.24, 2.45) is 5.92 Å². The van der Waals surface area contributed by atoms with Gasteiger partial charge in [-0.05, 0) is 31.2 Å². The summed E-state index contributed by atoms with van der Waals surface area (Å²) in [6.45, 7) is 3.60. The summed E-state index contributed by atoms with van der Waals surface area (Å²) < 4.78 is 4.92. The van der Waals surface area contributed by atoms with Crippen LogP contribution in [0.4, 0.5) is 4.79 Å². The fourth-order valence-electron chi connectivity index (χ4n) is 2.97. The van der Waals surface area contributed by atoms with Crippen LogP contribution in [0.25, 0.3) is 0 Å². The van der Waals surface area contributed by atoms with Crippen LogP contribution >= 0.6 is 0 Å². The molecule has 1 aliphatic carbocycles. The molecule has 2 atom stereocenters. The summed E-state index contributed by atoms with van der Waals surface area (Å²) in [6, 6.07) is 7.06. The Bertz CT molecular complexity index is 612. The first-order chi connectivity index (χ1) is 11.9. The number of carbonyl (C=O) groups is 3. The zero-order valence-electron chi connectivity index (χ0n) is 14.8. The number of imide groups is 1. The Morgan fingerprint density at radius 3 is 2.48 bits per heavy atom. The Hall–Kier alpha value is -2.37. The molecule has 1 fully saturated rings. The van der Waals surface area contributed by atoms with Gasteiger partial charge in [-0.1, -0.05) is 49.6 Å². The highest BCUT2D eigenvalue weighted by Crippen LogP contribution is 2.23. The molecular weight excluding hydrogens is 320 g/mol. The normalized spacial score (nSPS) is 19.8. The van der Waals surface area contributed by atoms with Gasteiger partial charge in [-0.2, -0.15) is 0 Å². The van der Waals surface area contributed by atoms with E-state index in [1.165, 1.54) is 6.42 Å². The van der Waals surface area contributed by atoms with E-state index in [-0.39, 0.29) is 12.5 Å². The molecule has 1 aromatic carbocycles. The quantitative estimate of drug-likeness (QED) is 0.802. The van der Waals surface area contributed by atoms with Crippen molar-refractivity contribution < 1.29 is 19.1 Å². The zero-order valence-corrected chi connectivity index (χ0v) is 14.8. The van der Waals surface area contributed by atoms with Crippen molar-refractivity contribution in [3.63, 3.8) is 0 Å². The molecule has 1 saturated carbocycles. The van der Waals surface area contributed by atoms with Gasteiger partial charge >= 0.3 is 12.0 Å². The Balaban J connectivity index is 1.68. The van der Waals surface area contributed by atoms with E-state index in [1.807, 2.05) is 31.2 Å². The van der Waals surface area contributed by atoms with Gasteiger partial charge in [-0.25, -0.2) is 4.79 Å². The van der Waals surface area contributed by atoms with Crippen LogP contribution < -0.4 is 10.6 Å². The largest absolute Gasteiger partial charge is 0.455 e. The summed E-state index contributed by atoms with van der Waals surface area (Å²) in [5, 5.41) is 5.03. The van der Waals surface area contributed by atoms with Crippen molar-refractivity contribution in [2.75, 3.05) is 6.61 Å². The lowest BCUT2D eigenvalue weighted by Gasteiger charge is -2.29. The Morgan fingerprint density at radius 2 is 1.80 bits per heavy atom. The highest BCUT2D eigenvalue weighted by molar-refractivity contribution is 5.95. The van der Waals surface area contributed by atoms with Crippen LogP contribution in [0.1, 0.15) is 43.7 Å². The van der Waals surface area contributed by atoms with E-state index >= 15 is 0 Å². The Kier molecular flexibility index (Phi) is 6.98. The fourth-order valence-corrected chi connectivity index (χ4v) is 2.97. The van der Waals surface area contributed by atoms with Gasteiger partial charge in [-0.15, -0.1) is 0 Å². The van der Waals surface area contributed by atoms with Gasteiger partial charge in [0, 0.05) is 6.04 Å². The minimum absolute atomic E-state index is 0.0886. The summed E-state index contributed by atoms with van der Waals surface area (Å²) >= 11 is 0. The number of esters is 1. The summed E-state index contributed by atoms with van der Waals surface area (Å²) in [7, 11) is 0. The average molecular weight is 346 g/mol. The van der Waals surface area contributed by atoms with Gasteiger partial charge in [0.2, 0.25) is 0 Å². The fraction of sp³-hybridized carbons (Fsp3) is 0.526. The zero-order chi connectivity index (χ0) is 18.2. The molecule has 0 bridgehead atoms. The molecule has 2 N–H and O–H groups in total. The molecule has 2 rings (SSSR count). The van der Waals surface area contributed by atoms with Crippen LogP contribution in [-0.2, 0) is 20.7 Å². The van der Waals surface area contributed by atoms with E-state index in [9.17, 15) is 14.4 Å². The molecule has 0 spiro atoms. The third-order valence-electron chi connectivity index (χ3n) is 4.51. The predicted molar refractivity (Wildman–Crippen MR) is 93.9 cm³/mol. The Morgan fingerprint density at radius 1 is 1.12 bits per heavy atom. The lowest BCUT2D eigenvalue weighted by Crippen LogP contribution is -2.48. The summed E-state index contributed by atoms with van der Waals surface area (Å²) in [5.74, 6) is -0.722. The first-order valence-electron chi connectivity index (χ1n) is 8.75. The number of hydrogen-bond acceptors (Lipinski definition) is 4. The first kappa shape index (κ1) is 19.0. The topological polar surface area (TPSA) is 84.5 Å². The summed E-state index contributed by atoms with van der Waals surface area (Å²) in [4.78, 5) is 35.3. The van der Waals surface area contributed by atoms with E-state index in [4.69, 9.17) is 4.74 Å². The molecule has 1 aromatic rings. The third-order valence-corrected chi connectivity index (χ3v) is 4.51. The molecule has 0 heterocycles. The van der Waals surface area contributed by atoms with E-state index in [0.29, 0.717) is 5.92 Å². The number of benzene rings is 1. The van der Waals surface area contributed by atoms with Crippen molar-refractivity contribution in [2.45, 2.75) is 52.0 Å². The number of carbonyl (C=O) groups excluding carboxylic acids is 3. The number of amides is 3. The maximum absolute atomic E-state index is 11.9. The van der Waals surface area contributed by atoms with Crippen molar-refractivity contribution in [3.05, 3.63) is 35.4 Å². The standard InChI is InChI=1S/C19H26N2O4/c1-13-7-9-15(10-8-13)11-18(23)25-12-17(22)21-19(24)20-16-6-4-3-5-14(16)2/h7-10,14,16H,3-6,11-12H2,1-2H3,(H2,20,21,22,24)/t14-,16+/m1/s1. The number of nitrogens with one attached hydrogen (secondary N) is 2. The highest BCUT2D eigenvalue weighted by atomic mass is 16.5. The maximum atomic E-state index is 11.9. The van der Waals surface area contributed by atoms with E-state index in [2.05, 4.69) is 17.6 Å². The molecule has 0 saturated heterocycles. The molecule has 3 amide bonds. The van der Waals surface area contributed by atoms with Crippen molar-refractivity contribution in [1.29, 1.82) is 0 Å². The van der Waals surface area contributed by atoms with Gasteiger partial charge < -0.3 is 10.1 Å². The van der Waals surface area contributed by atoms with Gasteiger partial charge in [0.05, 0.1) is 6.42 Å². The van der Waals surface area contributed by atoms with Crippen LogP contribution in [-0.4, -0.2) is 30.6 Å². The van der Waals surface area contributed by atoms with Crippen LogP contribution in [0.3, 0.4) is 0 Å². The lowest BCUT2D eigenvalue weighted by molar-refractivity contribution is -0.147. The number of urea groups is 1. The second kappa shape index (κ2) is 9.20.